The molecule has 1 spiro atoms. The van der Waals surface area contributed by atoms with Gasteiger partial charge in [0.25, 0.3) is 0 Å². The van der Waals surface area contributed by atoms with Gasteiger partial charge in [0.05, 0.1) is 11.3 Å². The molecule has 150 valence electrons. The molecule has 2 fully saturated rings. The number of amides is 1. The summed E-state index contributed by atoms with van der Waals surface area (Å²) in [6.07, 6.45) is 6.67. The minimum absolute atomic E-state index is 0.0214. The molecule has 0 bridgehead atoms. The Kier molecular flexibility index (Phi) is 4.49. The number of rotatable bonds is 3. The molecule has 2 aliphatic rings. The highest BCUT2D eigenvalue weighted by atomic mass is 16.2. The summed E-state index contributed by atoms with van der Waals surface area (Å²) in [6, 6.07) is 12.4. The number of carbonyl (C=O) groups excluding carboxylic acids is 1. The van der Waals surface area contributed by atoms with Crippen molar-refractivity contribution in [3.63, 3.8) is 0 Å². The first-order valence-electron chi connectivity index (χ1n) is 10.6. The number of aromatic amines is 1. The van der Waals surface area contributed by atoms with Crippen LogP contribution in [0.3, 0.4) is 0 Å². The Hall–Kier alpha value is -2.89. The van der Waals surface area contributed by atoms with Crippen LogP contribution in [-0.4, -0.2) is 51.9 Å². The third-order valence-corrected chi connectivity index (χ3v) is 6.81. The highest BCUT2D eigenvalue weighted by Crippen LogP contribution is 2.46. The Morgan fingerprint density at radius 1 is 1.14 bits per heavy atom. The maximum absolute atomic E-state index is 13.1. The molecule has 2 saturated heterocycles. The maximum atomic E-state index is 13.1. The predicted molar refractivity (Wildman–Crippen MR) is 114 cm³/mol. The second-order valence-corrected chi connectivity index (χ2v) is 8.44. The predicted octanol–water partition coefficient (Wildman–Crippen LogP) is 3.58. The quantitative estimate of drug-likeness (QED) is 0.744. The summed E-state index contributed by atoms with van der Waals surface area (Å²) in [6.45, 7) is 5.68. The molecule has 0 saturated carbocycles. The van der Waals surface area contributed by atoms with E-state index in [1.54, 1.807) is 6.33 Å². The normalized spacial score (nSPS) is 21.8. The molecule has 1 unspecified atom stereocenters. The molecule has 0 aliphatic carbocycles. The van der Waals surface area contributed by atoms with Crippen LogP contribution in [0.4, 0.5) is 5.82 Å². The van der Waals surface area contributed by atoms with E-state index in [1.165, 1.54) is 0 Å². The van der Waals surface area contributed by atoms with E-state index < -0.39 is 0 Å². The van der Waals surface area contributed by atoms with Crippen molar-refractivity contribution in [2.24, 2.45) is 5.41 Å². The summed E-state index contributed by atoms with van der Waals surface area (Å²) in [7, 11) is 0. The van der Waals surface area contributed by atoms with Crippen molar-refractivity contribution in [1.29, 1.82) is 0 Å². The fourth-order valence-electron chi connectivity index (χ4n) is 5.17. The summed E-state index contributed by atoms with van der Waals surface area (Å²) in [5, 5.41) is 1.08. The van der Waals surface area contributed by atoms with Crippen LogP contribution in [0.2, 0.25) is 0 Å². The zero-order chi connectivity index (χ0) is 19.8. The number of H-pyrrole nitrogens is 1. The number of anilines is 1. The molecular weight excluding hydrogens is 362 g/mol. The summed E-state index contributed by atoms with van der Waals surface area (Å²) in [5.74, 6) is 1.29. The molecule has 5 rings (SSSR count). The highest BCUT2D eigenvalue weighted by Gasteiger charge is 2.45. The van der Waals surface area contributed by atoms with E-state index in [2.05, 4.69) is 49.9 Å². The van der Waals surface area contributed by atoms with Crippen LogP contribution >= 0.6 is 0 Å². The lowest BCUT2D eigenvalue weighted by Crippen LogP contribution is -2.54. The monoisotopic (exact) mass is 389 g/mol. The summed E-state index contributed by atoms with van der Waals surface area (Å²) >= 11 is 0. The average molecular weight is 390 g/mol. The lowest BCUT2D eigenvalue weighted by Gasteiger charge is -2.50. The average Bonchev–Trinajstić information content (AvgIpc) is 3.26. The van der Waals surface area contributed by atoms with Gasteiger partial charge in [0.2, 0.25) is 5.91 Å². The van der Waals surface area contributed by atoms with Crippen LogP contribution in [-0.2, 0) is 4.79 Å². The Labute approximate surface area is 171 Å². The Morgan fingerprint density at radius 3 is 2.69 bits per heavy atom. The number of hydrogen-bond acceptors (Lipinski definition) is 4. The fourth-order valence-corrected chi connectivity index (χ4v) is 5.17. The fraction of sp³-hybridized carbons (Fsp3) is 0.435. The first kappa shape index (κ1) is 18.2. The van der Waals surface area contributed by atoms with Gasteiger partial charge >= 0.3 is 0 Å². The number of likely N-dealkylation sites (N-methyl/N-ethyl adjacent to an activating group) is 1. The van der Waals surface area contributed by atoms with Gasteiger partial charge in [-0.3, -0.25) is 4.79 Å². The topological polar surface area (TPSA) is 65.1 Å². The maximum Gasteiger partial charge on any atom is 0.230 e. The first-order chi connectivity index (χ1) is 14.2. The lowest BCUT2D eigenvalue weighted by molar-refractivity contribution is -0.140. The van der Waals surface area contributed by atoms with Crippen LogP contribution in [0.15, 0.2) is 48.9 Å². The number of piperidine rings is 2. The number of fused-ring (bicyclic) bond motifs is 1. The van der Waals surface area contributed by atoms with E-state index in [9.17, 15) is 4.79 Å². The van der Waals surface area contributed by atoms with Crippen LogP contribution in [0.5, 0.6) is 0 Å². The van der Waals surface area contributed by atoms with E-state index in [0.717, 1.165) is 67.9 Å². The number of nitrogens with zero attached hydrogens (tertiary/aromatic N) is 4. The van der Waals surface area contributed by atoms with E-state index in [4.69, 9.17) is 0 Å². The van der Waals surface area contributed by atoms with E-state index in [-0.39, 0.29) is 17.2 Å². The van der Waals surface area contributed by atoms with Crippen molar-refractivity contribution in [3.05, 3.63) is 54.5 Å². The smallest absolute Gasteiger partial charge is 0.230 e. The second-order valence-electron chi connectivity index (χ2n) is 8.44. The number of aromatic nitrogens is 3. The third-order valence-electron chi connectivity index (χ3n) is 6.81. The first-order valence-corrected chi connectivity index (χ1v) is 10.6. The van der Waals surface area contributed by atoms with Gasteiger partial charge < -0.3 is 14.8 Å². The van der Waals surface area contributed by atoms with Gasteiger partial charge in [-0.2, -0.15) is 0 Å². The summed E-state index contributed by atoms with van der Waals surface area (Å²) < 4.78 is 0. The highest BCUT2D eigenvalue weighted by molar-refractivity contribution is 5.87. The SMILES string of the molecule is CCN1CC2(CCN(c3ncnc4[nH]ccc34)CC2)CC(c2ccccc2)C1=O. The minimum Gasteiger partial charge on any atom is -0.356 e. The van der Waals surface area contributed by atoms with E-state index in [0.29, 0.717) is 0 Å². The molecule has 1 N–H and O–H groups in total. The number of carbonyl (C=O) groups is 1. The summed E-state index contributed by atoms with van der Waals surface area (Å²) in [4.78, 5) is 29.6. The molecule has 4 heterocycles. The lowest BCUT2D eigenvalue weighted by atomic mass is 9.67. The van der Waals surface area contributed by atoms with Crippen LogP contribution in [0.1, 0.15) is 37.7 Å². The molecule has 29 heavy (non-hydrogen) atoms. The van der Waals surface area contributed by atoms with Gasteiger partial charge in [0.1, 0.15) is 17.8 Å². The number of hydrogen-bond donors (Lipinski definition) is 1. The molecule has 2 aromatic heterocycles. The number of nitrogens with one attached hydrogen (secondary N) is 1. The zero-order valence-corrected chi connectivity index (χ0v) is 16.8. The Balaban J connectivity index is 1.39. The Bertz CT molecular complexity index is 1010. The zero-order valence-electron chi connectivity index (χ0n) is 16.8. The summed E-state index contributed by atoms with van der Waals surface area (Å²) in [5.41, 5.74) is 2.23. The second kappa shape index (κ2) is 7.17. The molecule has 2 aliphatic heterocycles. The molecule has 3 aromatic rings. The van der Waals surface area contributed by atoms with E-state index in [1.807, 2.05) is 24.4 Å². The van der Waals surface area contributed by atoms with Crippen molar-refractivity contribution in [1.82, 2.24) is 19.9 Å². The van der Waals surface area contributed by atoms with Crippen molar-refractivity contribution in [2.75, 3.05) is 31.1 Å². The largest absolute Gasteiger partial charge is 0.356 e. The number of likely N-dealkylation sites (tertiary alicyclic amines) is 1. The van der Waals surface area contributed by atoms with Gasteiger partial charge in [0, 0.05) is 32.4 Å². The molecule has 1 aromatic carbocycles. The molecule has 0 radical (unpaired) electrons. The van der Waals surface area contributed by atoms with Gasteiger partial charge in [-0.25, -0.2) is 9.97 Å². The number of benzene rings is 1. The van der Waals surface area contributed by atoms with Gasteiger partial charge in [0.15, 0.2) is 0 Å². The van der Waals surface area contributed by atoms with Crippen molar-refractivity contribution < 1.29 is 4.79 Å². The van der Waals surface area contributed by atoms with Crippen molar-refractivity contribution in [2.45, 2.75) is 32.1 Å². The van der Waals surface area contributed by atoms with Crippen molar-refractivity contribution in [3.8, 4) is 0 Å². The molecular formula is C23H27N5O. The van der Waals surface area contributed by atoms with Crippen LogP contribution < -0.4 is 4.90 Å². The van der Waals surface area contributed by atoms with Gasteiger partial charge in [-0.15, -0.1) is 0 Å². The van der Waals surface area contributed by atoms with E-state index >= 15 is 0 Å². The minimum atomic E-state index is -0.0214. The van der Waals surface area contributed by atoms with Crippen LogP contribution in [0, 0.1) is 5.41 Å². The molecule has 1 amide bonds. The van der Waals surface area contributed by atoms with Gasteiger partial charge in [-0.1, -0.05) is 30.3 Å². The van der Waals surface area contributed by atoms with Crippen LogP contribution in [0.25, 0.3) is 11.0 Å². The van der Waals surface area contributed by atoms with Gasteiger partial charge in [-0.05, 0) is 43.2 Å². The molecule has 6 nitrogen and oxygen atoms in total. The standard InChI is InChI=1S/C23H27N5O/c1-2-27-15-23(14-19(22(27)29)17-6-4-3-5-7-17)9-12-28(13-10-23)21-18-8-11-24-20(18)25-16-26-21/h3-8,11,16,19H,2,9-10,12-15H2,1H3,(H,24,25,26). The molecule has 6 heteroatoms. The van der Waals surface area contributed by atoms with Crippen molar-refractivity contribution >= 4 is 22.8 Å². The Morgan fingerprint density at radius 2 is 1.93 bits per heavy atom. The third kappa shape index (κ3) is 3.16. The molecule has 1 atom stereocenters.